The van der Waals surface area contributed by atoms with Crippen LogP contribution in [0.15, 0.2) is 59.8 Å². The molecular weight excluding hydrogens is 488 g/mol. The summed E-state index contributed by atoms with van der Waals surface area (Å²) in [7, 11) is -4.18. The minimum Gasteiger partial charge on any atom is -0.390 e. The molecule has 0 unspecified atom stereocenters. The summed E-state index contributed by atoms with van der Waals surface area (Å²) in [5.41, 5.74) is 6.87. The molecule has 0 bridgehead atoms. The Morgan fingerprint density at radius 3 is 2.58 bits per heavy atom. The number of hydrogen-bond acceptors (Lipinski definition) is 6. The van der Waals surface area contributed by atoms with Gasteiger partial charge in [0.05, 0.1) is 23.2 Å². The number of benzene rings is 2. The number of rotatable bonds is 5. The first-order valence-electron chi connectivity index (χ1n) is 11.5. The third-order valence-electron chi connectivity index (χ3n) is 6.57. The van der Waals surface area contributed by atoms with Crippen LogP contribution in [0.5, 0.6) is 0 Å². The molecule has 2 aromatic heterocycles. The Bertz CT molecular complexity index is 1560. The van der Waals surface area contributed by atoms with Gasteiger partial charge >= 0.3 is 0 Å². The summed E-state index contributed by atoms with van der Waals surface area (Å²) in [6.07, 6.45) is 4.82. The Labute approximate surface area is 206 Å². The second-order valence-corrected chi connectivity index (χ2v) is 11.0. The predicted octanol–water partition coefficient (Wildman–Crippen LogP) is 3.90. The first-order valence-corrected chi connectivity index (χ1v) is 13.0. The van der Waals surface area contributed by atoms with E-state index >= 15 is 0 Å². The van der Waals surface area contributed by atoms with Gasteiger partial charge < -0.3 is 10.8 Å². The Kier molecular flexibility index (Phi) is 6.01. The van der Waals surface area contributed by atoms with Gasteiger partial charge in [-0.05, 0) is 62.9 Å². The molecule has 8 nitrogen and oxygen atoms in total. The molecule has 4 N–H and O–H groups in total. The average molecular weight is 514 g/mol. The molecule has 0 amide bonds. The highest BCUT2D eigenvalue weighted by molar-refractivity contribution is 7.89. The SMILES string of the molecule is CC1(O)CCC(NS(=O)(=O)c2cc(-c3cnc4c(N)nc(-c5ccccc5F)cn34)ccc2F)CC1. The minimum atomic E-state index is -4.18. The maximum absolute atomic E-state index is 14.7. The lowest BCUT2D eigenvalue weighted by Crippen LogP contribution is -2.42. The van der Waals surface area contributed by atoms with E-state index in [1.54, 1.807) is 35.7 Å². The third-order valence-corrected chi connectivity index (χ3v) is 8.10. The number of halogens is 2. The molecule has 36 heavy (non-hydrogen) atoms. The van der Waals surface area contributed by atoms with E-state index < -0.39 is 38.2 Å². The lowest BCUT2D eigenvalue weighted by atomic mass is 9.84. The monoisotopic (exact) mass is 513 g/mol. The van der Waals surface area contributed by atoms with Crippen molar-refractivity contribution in [3.63, 3.8) is 0 Å². The summed E-state index contributed by atoms with van der Waals surface area (Å²) in [5.74, 6) is -1.31. The molecule has 0 saturated heterocycles. The van der Waals surface area contributed by atoms with Crippen molar-refractivity contribution >= 4 is 21.5 Å². The topological polar surface area (TPSA) is 123 Å². The van der Waals surface area contributed by atoms with Crippen LogP contribution in [0.1, 0.15) is 32.6 Å². The van der Waals surface area contributed by atoms with Gasteiger partial charge in [-0.3, -0.25) is 4.40 Å². The van der Waals surface area contributed by atoms with Crippen molar-refractivity contribution in [3.05, 3.63) is 66.5 Å². The fourth-order valence-electron chi connectivity index (χ4n) is 4.53. The highest BCUT2D eigenvalue weighted by atomic mass is 32.2. The number of fused-ring (bicyclic) bond motifs is 1. The molecule has 2 heterocycles. The van der Waals surface area contributed by atoms with Crippen LogP contribution in [0.25, 0.3) is 28.2 Å². The maximum atomic E-state index is 14.7. The standard InChI is InChI=1S/C25H25F2N5O3S/c1-25(33)10-8-16(9-11-25)31-36(34,35)22-12-15(6-7-19(22)27)21-13-29-24-23(28)30-20(14-32(21)24)17-4-2-3-5-18(17)26/h2-7,12-14,16,31,33H,8-11H2,1H3,(H2,28,30). The van der Waals surface area contributed by atoms with E-state index in [2.05, 4.69) is 14.7 Å². The normalized spacial score (nSPS) is 20.6. The fraction of sp³-hybridized carbons (Fsp3) is 0.280. The Morgan fingerprint density at radius 1 is 1.14 bits per heavy atom. The zero-order valence-corrected chi connectivity index (χ0v) is 20.3. The Morgan fingerprint density at radius 2 is 1.86 bits per heavy atom. The summed E-state index contributed by atoms with van der Waals surface area (Å²) in [6, 6.07) is 9.47. The van der Waals surface area contributed by atoms with E-state index in [1.165, 1.54) is 24.4 Å². The van der Waals surface area contributed by atoms with Crippen LogP contribution in [-0.4, -0.2) is 39.5 Å². The molecule has 1 aliphatic rings. The predicted molar refractivity (Wildman–Crippen MR) is 131 cm³/mol. The quantitative estimate of drug-likeness (QED) is 0.372. The van der Waals surface area contributed by atoms with Crippen molar-refractivity contribution in [1.29, 1.82) is 0 Å². The summed E-state index contributed by atoms with van der Waals surface area (Å²) in [5, 5.41) is 10.1. The molecule has 2 aromatic carbocycles. The van der Waals surface area contributed by atoms with Gasteiger partial charge in [0.25, 0.3) is 0 Å². The minimum absolute atomic E-state index is 0.0619. The molecule has 1 saturated carbocycles. The fourth-order valence-corrected chi connectivity index (χ4v) is 5.94. The van der Waals surface area contributed by atoms with Gasteiger partial charge in [-0.15, -0.1) is 0 Å². The molecule has 11 heteroatoms. The van der Waals surface area contributed by atoms with Crippen LogP contribution in [0.2, 0.25) is 0 Å². The van der Waals surface area contributed by atoms with Crippen molar-refractivity contribution in [1.82, 2.24) is 19.1 Å². The third kappa shape index (κ3) is 4.57. The van der Waals surface area contributed by atoms with E-state index in [0.29, 0.717) is 42.6 Å². The van der Waals surface area contributed by atoms with E-state index in [1.807, 2.05) is 0 Å². The van der Waals surface area contributed by atoms with Gasteiger partial charge in [0, 0.05) is 23.4 Å². The van der Waals surface area contributed by atoms with E-state index in [9.17, 15) is 22.3 Å². The van der Waals surface area contributed by atoms with Crippen molar-refractivity contribution < 1.29 is 22.3 Å². The maximum Gasteiger partial charge on any atom is 0.243 e. The number of imidazole rings is 1. The highest BCUT2D eigenvalue weighted by Gasteiger charge is 2.32. The molecule has 0 aliphatic heterocycles. The molecule has 1 aliphatic carbocycles. The second kappa shape index (κ2) is 8.91. The van der Waals surface area contributed by atoms with Crippen molar-refractivity contribution in [2.75, 3.05) is 5.73 Å². The Hall–Kier alpha value is -3.41. The smallest absolute Gasteiger partial charge is 0.243 e. The number of aromatic nitrogens is 3. The van der Waals surface area contributed by atoms with Crippen molar-refractivity contribution in [3.8, 4) is 22.5 Å². The van der Waals surface area contributed by atoms with Gasteiger partial charge in [0.15, 0.2) is 11.5 Å². The van der Waals surface area contributed by atoms with Crippen molar-refractivity contribution in [2.24, 2.45) is 0 Å². The van der Waals surface area contributed by atoms with Gasteiger partial charge in [0.1, 0.15) is 16.5 Å². The first kappa shape index (κ1) is 24.3. The van der Waals surface area contributed by atoms with Crippen LogP contribution in [0.3, 0.4) is 0 Å². The largest absolute Gasteiger partial charge is 0.390 e. The zero-order valence-electron chi connectivity index (χ0n) is 19.4. The summed E-state index contributed by atoms with van der Waals surface area (Å²) < 4.78 is 59.5. The molecule has 188 valence electrons. The summed E-state index contributed by atoms with van der Waals surface area (Å²) in [4.78, 5) is 8.03. The van der Waals surface area contributed by atoms with Gasteiger partial charge in [-0.1, -0.05) is 12.1 Å². The number of hydrogen-bond donors (Lipinski definition) is 3. The van der Waals surface area contributed by atoms with Crippen LogP contribution < -0.4 is 10.5 Å². The van der Waals surface area contributed by atoms with Crippen LogP contribution in [-0.2, 0) is 10.0 Å². The summed E-state index contributed by atoms with van der Waals surface area (Å²) in [6.45, 7) is 1.72. The molecule has 4 aromatic rings. The van der Waals surface area contributed by atoms with Crippen LogP contribution in [0.4, 0.5) is 14.6 Å². The lowest BCUT2D eigenvalue weighted by Gasteiger charge is -2.33. The number of aliphatic hydroxyl groups is 1. The molecule has 0 radical (unpaired) electrons. The highest BCUT2D eigenvalue weighted by Crippen LogP contribution is 2.31. The number of anilines is 1. The van der Waals surface area contributed by atoms with E-state index in [4.69, 9.17) is 5.73 Å². The molecule has 5 rings (SSSR count). The average Bonchev–Trinajstić information content (AvgIpc) is 3.25. The van der Waals surface area contributed by atoms with E-state index in [-0.39, 0.29) is 17.1 Å². The first-order chi connectivity index (χ1) is 17.0. The van der Waals surface area contributed by atoms with Gasteiger partial charge in [-0.2, -0.15) is 0 Å². The van der Waals surface area contributed by atoms with Gasteiger partial charge in [-0.25, -0.2) is 31.9 Å². The van der Waals surface area contributed by atoms with Crippen LogP contribution >= 0.6 is 0 Å². The zero-order chi connectivity index (χ0) is 25.7. The number of nitrogen functional groups attached to an aromatic ring is 1. The summed E-state index contributed by atoms with van der Waals surface area (Å²) >= 11 is 0. The Balaban J connectivity index is 1.53. The van der Waals surface area contributed by atoms with Gasteiger partial charge in [0.2, 0.25) is 10.0 Å². The molecule has 0 atom stereocenters. The molecular formula is C25H25F2N5O3S. The van der Waals surface area contributed by atoms with Crippen LogP contribution in [0, 0.1) is 11.6 Å². The lowest BCUT2D eigenvalue weighted by molar-refractivity contribution is 0.0163. The number of sulfonamides is 1. The molecule has 0 spiro atoms. The number of nitrogens with zero attached hydrogens (tertiary/aromatic N) is 3. The second-order valence-electron chi connectivity index (χ2n) is 9.37. The number of nitrogens with two attached hydrogens (primary N) is 1. The van der Waals surface area contributed by atoms with Crippen molar-refractivity contribution in [2.45, 2.75) is 49.1 Å². The molecule has 1 fully saturated rings. The van der Waals surface area contributed by atoms with E-state index in [0.717, 1.165) is 6.07 Å². The number of nitrogens with one attached hydrogen (secondary N) is 1.